The summed E-state index contributed by atoms with van der Waals surface area (Å²) in [6.07, 6.45) is 0. The van der Waals surface area contributed by atoms with Crippen LogP contribution in [0.1, 0.15) is 0 Å². The second kappa shape index (κ2) is 5.46. The Morgan fingerprint density at radius 2 is 1.82 bits per heavy atom. The van der Waals surface area contributed by atoms with E-state index in [4.69, 9.17) is 4.98 Å². The van der Waals surface area contributed by atoms with Gasteiger partial charge in [0.1, 0.15) is 5.82 Å². The van der Waals surface area contributed by atoms with Crippen LogP contribution in [0.3, 0.4) is 0 Å². The molecule has 1 aliphatic heterocycles. The van der Waals surface area contributed by atoms with Crippen LogP contribution >= 0.6 is 0 Å². The number of nitrogens with one attached hydrogen (secondary N) is 1. The van der Waals surface area contributed by atoms with Crippen molar-refractivity contribution in [3.05, 3.63) is 48.5 Å². The van der Waals surface area contributed by atoms with E-state index in [1.54, 1.807) is 0 Å². The fourth-order valence-electron chi connectivity index (χ4n) is 3.17. The molecule has 4 rings (SSSR count). The second-order valence-electron chi connectivity index (χ2n) is 5.77. The first-order valence-electron chi connectivity index (χ1n) is 7.80. The van der Waals surface area contributed by atoms with Gasteiger partial charge in [0, 0.05) is 44.5 Å². The molecule has 1 fully saturated rings. The highest BCUT2D eigenvalue weighted by atomic mass is 15.2. The number of hydrogen-bond acceptors (Lipinski definition) is 3. The van der Waals surface area contributed by atoms with Crippen LogP contribution in [0, 0.1) is 0 Å². The maximum Gasteiger partial charge on any atom is 0.140 e. The zero-order chi connectivity index (χ0) is 14.9. The molecule has 4 heteroatoms. The van der Waals surface area contributed by atoms with E-state index in [9.17, 15) is 0 Å². The van der Waals surface area contributed by atoms with Crippen LogP contribution in [-0.4, -0.2) is 35.7 Å². The van der Waals surface area contributed by atoms with E-state index in [0.29, 0.717) is 0 Å². The van der Waals surface area contributed by atoms with Gasteiger partial charge in [0.25, 0.3) is 0 Å². The first kappa shape index (κ1) is 13.3. The van der Waals surface area contributed by atoms with E-state index in [0.717, 1.165) is 37.5 Å². The average Bonchev–Trinajstić information content (AvgIpc) is 2.93. The van der Waals surface area contributed by atoms with Crippen LogP contribution in [0.15, 0.2) is 48.5 Å². The number of aryl methyl sites for hydroxylation is 1. The minimum atomic E-state index is 1.03. The number of imidazole rings is 1. The van der Waals surface area contributed by atoms with E-state index in [1.165, 1.54) is 16.8 Å². The number of rotatable bonds is 2. The molecular formula is C18H20N4. The smallest absolute Gasteiger partial charge is 0.140 e. The van der Waals surface area contributed by atoms with Gasteiger partial charge in [0.05, 0.1) is 11.0 Å². The fraction of sp³-hybridized carbons (Fsp3) is 0.278. The first-order chi connectivity index (χ1) is 10.8. The molecule has 2 heterocycles. The highest BCUT2D eigenvalue weighted by molar-refractivity contribution is 5.81. The van der Waals surface area contributed by atoms with E-state index in [1.807, 2.05) is 6.07 Å². The maximum atomic E-state index is 4.80. The number of nitrogens with zero attached hydrogens (tertiary/aromatic N) is 3. The molecule has 4 nitrogen and oxygen atoms in total. The standard InChI is InChI=1S/C18H20N4/c1-21-17-8-3-2-7-16(17)20-18(21)14-5-4-6-15(13-14)22-11-9-19-10-12-22/h2-8,13,19H,9-12H2,1H3. The van der Waals surface area contributed by atoms with Crippen molar-refractivity contribution in [2.45, 2.75) is 0 Å². The molecule has 0 radical (unpaired) electrons. The van der Waals surface area contributed by atoms with Gasteiger partial charge >= 0.3 is 0 Å². The van der Waals surface area contributed by atoms with E-state index in [-0.39, 0.29) is 0 Å². The van der Waals surface area contributed by atoms with Gasteiger partial charge in [0.15, 0.2) is 0 Å². The summed E-state index contributed by atoms with van der Waals surface area (Å²) < 4.78 is 2.17. The highest BCUT2D eigenvalue weighted by Crippen LogP contribution is 2.27. The molecule has 0 spiro atoms. The molecule has 0 unspecified atom stereocenters. The minimum absolute atomic E-state index is 1.03. The quantitative estimate of drug-likeness (QED) is 0.788. The summed E-state index contributed by atoms with van der Waals surface area (Å²) in [7, 11) is 2.09. The molecule has 1 aromatic heterocycles. The predicted molar refractivity (Wildman–Crippen MR) is 91.2 cm³/mol. The van der Waals surface area contributed by atoms with Crippen molar-refractivity contribution in [2.24, 2.45) is 7.05 Å². The van der Waals surface area contributed by atoms with Crippen molar-refractivity contribution >= 4 is 16.7 Å². The number of hydrogen-bond donors (Lipinski definition) is 1. The van der Waals surface area contributed by atoms with E-state index >= 15 is 0 Å². The molecule has 0 aliphatic carbocycles. The average molecular weight is 292 g/mol. The van der Waals surface area contributed by atoms with Gasteiger partial charge in [-0.05, 0) is 24.3 Å². The molecule has 2 aromatic carbocycles. The Kier molecular flexibility index (Phi) is 3.31. The van der Waals surface area contributed by atoms with Crippen LogP contribution in [0.25, 0.3) is 22.4 Å². The Morgan fingerprint density at radius 3 is 2.64 bits per heavy atom. The van der Waals surface area contributed by atoms with Gasteiger partial charge in [-0.1, -0.05) is 24.3 Å². The largest absolute Gasteiger partial charge is 0.369 e. The van der Waals surface area contributed by atoms with Crippen molar-refractivity contribution in [1.82, 2.24) is 14.9 Å². The van der Waals surface area contributed by atoms with Gasteiger partial charge in [-0.2, -0.15) is 0 Å². The Hall–Kier alpha value is -2.33. The number of fused-ring (bicyclic) bond motifs is 1. The number of aromatic nitrogens is 2. The lowest BCUT2D eigenvalue weighted by Crippen LogP contribution is -2.43. The van der Waals surface area contributed by atoms with Gasteiger partial charge in [0.2, 0.25) is 0 Å². The molecule has 0 bridgehead atoms. The summed E-state index contributed by atoms with van der Waals surface area (Å²) in [5.74, 6) is 1.03. The van der Waals surface area contributed by atoms with E-state index < -0.39 is 0 Å². The third-order valence-corrected chi connectivity index (χ3v) is 4.37. The molecule has 1 saturated heterocycles. The fourth-order valence-corrected chi connectivity index (χ4v) is 3.17. The van der Waals surface area contributed by atoms with Crippen LogP contribution in [0.5, 0.6) is 0 Å². The zero-order valence-corrected chi connectivity index (χ0v) is 12.8. The maximum absolute atomic E-state index is 4.80. The second-order valence-corrected chi connectivity index (χ2v) is 5.77. The lowest BCUT2D eigenvalue weighted by molar-refractivity contribution is 0.589. The van der Waals surface area contributed by atoms with Crippen LogP contribution in [-0.2, 0) is 7.05 Å². The monoisotopic (exact) mass is 292 g/mol. The van der Waals surface area contributed by atoms with Crippen molar-refractivity contribution in [3.63, 3.8) is 0 Å². The van der Waals surface area contributed by atoms with Crippen LogP contribution in [0.2, 0.25) is 0 Å². The summed E-state index contributed by atoms with van der Waals surface area (Å²) in [5, 5.41) is 3.40. The molecule has 112 valence electrons. The molecule has 22 heavy (non-hydrogen) atoms. The van der Waals surface area contributed by atoms with Gasteiger partial charge < -0.3 is 14.8 Å². The Balaban J connectivity index is 1.76. The normalized spacial score (nSPS) is 15.4. The lowest BCUT2D eigenvalue weighted by atomic mass is 10.1. The summed E-state index contributed by atoms with van der Waals surface area (Å²) in [5.41, 5.74) is 4.68. The topological polar surface area (TPSA) is 33.1 Å². The Morgan fingerprint density at radius 1 is 1.00 bits per heavy atom. The molecule has 1 N–H and O–H groups in total. The number of anilines is 1. The zero-order valence-electron chi connectivity index (χ0n) is 12.8. The summed E-state index contributed by atoms with van der Waals surface area (Å²) >= 11 is 0. The first-order valence-corrected chi connectivity index (χ1v) is 7.80. The van der Waals surface area contributed by atoms with Crippen LogP contribution < -0.4 is 10.2 Å². The summed E-state index contributed by atoms with van der Waals surface area (Å²) in [6.45, 7) is 4.23. The highest BCUT2D eigenvalue weighted by Gasteiger charge is 2.13. The minimum Gasteiger partial charge on any atom is -0.369 e. The molecule has 0 atom stereocenters. The Labute approximate surface area is 130 Å². The summed E-state index contributed by atoms with van der Waals surface area (Å²) in [4.78, 5) is 7.23. The number of para-hydroxylation sites is 2. The third-order valence-electron chi connectivity index (χ3n) is 4.37. The van der Waals surface area contributed by atoms with Crippen molar-refractivity contribution < 1.29 is 0 Å². The predicted octanol–water partition coefficient (Wildman–Crippen LogP) is 2.65. The number of benzene rings is 2. The van der Waals surface area contributed by atoms with Crippen LogP contribution in [0.4, 0.5) is 5.69 Å². The van der Waals surface area contributed by atoms with Gasteiger partial charge in [-0.15, -0.1) is 0 Å². The Bertz CT molecular complexity index is 800. The molecule has 0 saturated carbocycles. The van der Waals surface area contributed by atoms with Gasteiger partial charge in [-0.25, -0.2) is 4.98 Å². The number of piperazine rings is 1. The molecule has 1 aliphatic rings. The van der Waals surface area contributed by atoms with E-state index in [2.05, 4.69) is 64.3 Å². The molecule has 3 aromatic rings. The third kappa shape index (κ3) is 2.25. The molecular weight excluding hydrogens is 272 g/mol. The summed E-state index contributed by atoms with van der Waals surface area (Å²) in [6, 6.07) is 17.0. The van der Waals surface area contributed by atoms with Crippen molar-refractivity contribution in [3.8, 4) is 11.4 Å². The SMILES string of the molecule is Cn1c(-c2cccc(N3CCNCC3)c2)nc2ccccc21. The molecule has 0 amide bonds. The van der Waals surface area contributed by atoms with Gasteiger partial charge in [-0.3, -0.25) is 0 Å². The lowest BCUT2D eigenvalue weighted by Gasteiger charge is -2.29. The van der Waals surface area contributed by atoms with Crippen molar-refractivity contribution in [1.29, 1.82) is 0 Å². The van der Waals surface area contributed by atoms with Crippen molar-refractivity contribution in [2.75, 3.05) is 31.1 Å².